The lowest BCUT2D eigenvalue weighted by Gasteiger charge is -2.00. The van der Waals surface area contributed by atoms with Crippen molar-refractivity contribution in [2.75, 3.05) is 19.5 Å². The molecule has 2 rings (SSSR count). The molecule has 0 aliphatic rings. The molecule has 0 radical (unpaired) electrons. The second-order valence-corrected chi connectivity index (χ2v) is 5.32. The van der Waals surface area contributed by atoms with E-state index in [9.17, 15) is 9.59 Å². The van der Waals surface area contributed by atoms with Crippen molar-refractivity contribution in [3.8, 4) is 5.88 Å². The molecule has 0 fully saturated rings. The average molecular weight is 325 g/mol. The zero-order valence-corrected chi connectivity index (χ0v) is 13.1. The normalized spacial score (nSPS) is 10.3. The Labute approximate surface area is 130 Å². The summed E-state index contributed by atoms with van der Waals surface area (Å²) in [4.78, 5) is 23.2. The van der Waals surface area contributed by atoms with Crippen LogP contribution in [-0.4, -0.2) is 46.1 Å². The van der Waals surface area contributed by atoms with Crippen LogP contribution in [0.2, 0.25) is 0 Å². The molecule has 118 valence electrons. The van der Waals surface area contributed by atoms with Gasteiger partial charge in [0.1, 0.15) is 10.6 Å². The van der Waals surface area contributed by atoms with Crippen molar-refractivity contribution in [2.24, 2.45) is 7.05 Å². The van der Waals surface area contributed by atoms with Crippen LogP contribution in [0.4, 0.5) is 5.13 Å². The molecule has 0 bridgehead atoms. The predicted octanol–water partition coefficient (Wildman–Crippen LogP) is 0.638. The number of nitrogens with zero attached hydrogens (tertiary/aromatic N) is 4. The van der Waals surface area contributed by atoms with Gasteiger partial charge < -0.3 is 9.47 Å². The van der Waals surface area contributed by atoms with Gasteiger partial charge in [-0.05, 0) is 0 Å². The van der Waals surface area contributed by atoms with Gasteiger partial charge in [-0.15, -0.1) is 15.3 Å². The first-order valence-electron chi connectivity index (χ1n) is 6.31. The van der Waals surface area contributed by atoms with Gasteiger partial charge in [0.15, 0.2) is 0 Å². The van der Waals surface area contributed by atoms with E-state index in [2.05, 4.69) is 25.3 Å². The minimum Gasteiger partial charge on any atom is -0.479 e. The maximum absolute atomic E-state index is 12.1. The quantitative estimate of drug-likeness (QED) is 0.776. The van der Waals surface area contributed by atoms with Crippen LogP contribution >= 0.6 is 11.3 Å². The molecule has 0 unspecified atom stereocenters. The summed E-state index contributed by atoms with van der Waals surface area (Å²) >= 11 is 1.20. The van der Waals surface area contributed by atoms with E-state index in [0.29, 0.717) is 22.1 Å². The fourth-order valence-corrected chi connectivity index (χ4v) is 2.39. The van der Waals surface area contributed by atoms with E-state index in [1.807, 2.05) is 0 Å². The molecule has 2 aromatic rings. The van der Waals surface area contributed by atoms with Crippen molar-refractivity contribution < 1.29 is 19.1 Å². The van der Waals surface area contributed by atoms with Crippen molar-refractivity contribution in [1.82, 2.24) is 20.0 Å². The number of rotatable bonds is 6. The van der Waals surface area contributed by atoms with E-state index < -0.39 is 0 Å². The molecular weight excluding hydrogens is 310 g/mol. The number of nitrogens with one attached hydrogen (secondary N) is 1. The predicted molar refractivity (Wildman–Crippen MR) is 78.0 cm³/mol. The summed E-state index contributed by atoms with van der Waals surface area (Å²) < 4.78 is 11.1. The van der Waals surface area contributed by atoms with E-state index in [4.69, 9.17) is 4.74 Å². The fourth-order valence-electron chi connectivity index (χ4n) is 1.66. The van der Waals surface area contributed by atoms with Crippen LogP contribution in [0.3, 0.4) is 0 Å². The minimum absolute atomic E-state index is 0.218. The number of carbonyl (C=O) groups is 2. The van der Waals surface area contributed by atoms with Crippen molar-refractivity contribution in [1.29, 1.82) is 0 Å². The van der Waals surface area contributed by atoms with Gasteiger partial charge in [-0.25, -0.2) is 0 Å². The van der Waals surface area contributed by atoms with Gasteiger partial charge in [0.05, 0.1) is 20.6 Å². The van der Waals surface area contributed by atoms with Gasteiger partial charge in [0, 0.05) is 19.7 Å². The highest BCUT2D eigenvalue weighted by Crippen LogP contribution is 2.20. The molecule has 9 nitrogen and oxygen atoms in total. The number of aryl methyl sites for hydroxylation is 2. The number of methoxy groups -OCH3 is 2. The van der Waals surface area contributed by atoms with Crippen LogP contribution in [-0.2, 0) is 23.0 Å². The van der Waals surface area contributed by atoms with Crippen LogP contribution in [0.25, 0.3) is 0 Å². The monoisotopic (exact) mass is 325 g/mol. The lowest BCUT2D eigenvalue weighted by molar-refractivity contribution is -0.140. The number of hydrogen-bond acceptors (Lipinski definition) is 8. The average Bonchev–Trinajstić information content (AvgIpc) is 3.10. The molecule has 0 aromatic carbocycles. The van der Waals surface area contributed by atoms with Gasteiger partial charge in [-0.1, -0.05) is 11.3 Å². The molecular formula is C12H15N5O4S. The maximum atomic E-state index is 12.1. The van der Waals surface area contributed by atoms with Gasteiger partial charge >= 0.3 is 5.97 Å². The Kier molecular flexibility index (Phi) is 5.04. The summed E-state index contributed by atoms with van der Waals surface area (Å²) in [5, 5.41) is 15.4. The van der Waals surface area contributed by atoms with E-state index in [-0.39, 0.29) is 24.2 Å². The highest BCUT2D eigenvalue weighted by molar-refractivity contribution is 7.15. The molecule has 0 spiro atoms. The van der Waals surface area contributed by atoms with Crippen LogP contribution in [0.15, 0.2) is 6.20 Å². The minimum atomic E-state index is -0.388. The SMILES string of the molecule is COC(=O)CCc1nnc(NC(=O)c2cn(C)nc2OC)s1. The number of amides is 1. The number of hydrogen-bond donors (Lipinski definition) is 1. The zero-order chi connectivity index (χ0) is 16.1. The number of carbonyl (C=O) groups excluding carboxylic acids is 2. The van der Waals surface area contributed by atoms with Gasteiger partial charge in [0.25, 0.3) is 5.91 Å². The lowest BCUT2D eigenvalue weighted by atomic mass is 10.3. The maximum Gasteiger partial charge on any atom is 0.305 e. The van der Waals surface area contributed by atoms with Crippen LogP contribution in [0, 0.1) is 0 Å². The largest absolute Gasteiger partial charge is 0.479 e. The van der Waals surface area contributed by atoms with E-state index in [1.165, 1.54) is 30.2 Å². The second-order valence-electron chi connectivity index (χ2n) is 4.26. The van der Waals surface area contributed by atoms with Crippen molar-refractivity contribution in [3.63, 3.8) is 0 Å². The van der Waals surface area contributed by atoms with Gasteiger partial charge in [-0.3, -0.25) is 19.6 Å². The molecule has 0 saturated carbocycles. The lowest BCUT2D eigenvalue weighted by Crippen LogP contribution is -2.12. The van der Waals surface area contributed by atoms with Crippen molar-refractivity contribution in [3.05, 3.63) is 16.8 Å². The molecule has 2 heterocycles. The van der Waals surface area contributed by atoms with Gasteiger partial charge in [-0.2, -0.15) is 0 Å². The molecule has 10 heteroatoms. The van der Waals surface area contributed by atoms with Crippen LogP contribution < -0.4 is 10.1 Å². The number of anilines is 1. The molecule has 0 atom stereocenters. The Bertz CT molecular complexity index is 681. The van der Waals surface area contributed by atoms with Gasteiger partial charge in [0.2, 0.25) is 11.0 Å². The first kappa shape index (κ1) is 15.9. The second kappa shape index (κ2) is 6.98. The van der Waals surface area contributed by atoms with Crippen LogP contribution in [0.1, 0.15) is 21.8 Å². The molecule has 1 amide bonds. The molecule has 0 aliphatic heterocycles. The topological polar surface area (TPSA) is 108 Å². The van der Waals surface area contributed by atoms with Crippen molar-refractivity contribution in [2.45, 2.75) is 12.8 Å². The third-order valence-corrected chi connectivity index (χ3v) is 3.59. The Morgan fingerprint density at radius 2 is 2.14 bits per heavy atom. The van der Waals surface area contributed by atoms with E-state index in [0.717, 1.165) is 0 Å². The highest BCUT2D eigenvalue weighted by Gasteiger charge is 2.18. The molecule has 0 aliphatic carbocycles. The highest BCUT2D eigenvalue weighted by atomic mass is 32.1. The zero-order valence-electron chi connectivity index (χ0n) is 12.3. The molecule has 22 heavy (non-hydrogen) atoms. The van der Waals surface area contributed by atoms with Crippen LogP contribution in [0.5, 0.6) is 5.88 Å². The molecule has 2 aromatic heterocycles. The number of esters is 1. The molecule has 0 saturated heterocycles. The third kappa shape index (κ3) is 3.79. The summed E-state index contributed by atoms with van der Waals surface area (Å²) in [6.07, 6.45) is 2.18. The third-order valence-electron chi connectivity index (χ3n) is 2.69. The van der Waals surface area contributed by atoms with Crippen molar-refractivity contribution >= 4 is 28.3 Å². The first-order chi connectivity index (χ1) is 10.5. The smallest absolute Gasteiger partial charge is 0.305 e. The number of aromatic nitrogens is 4. The summed E-state index contributed by atoms with van der Waals surface area (Å²) in [6, 6.07) is 0. The Morgan fingerprint density at radius 1 is 1.36 bits per heavy atom. The summed E-state index contributed by atoms with van der Waals surface area (Å²) in [7, 11) is 4.46. The Morgan fingerprint density at radius 3 is 2.82 bits per heavy atom. The summed E-state index contributed by atoms with van der Waals surface area (Å²) in [5.74, 6) is -0.475. The van der Waals surface area contributed by atoms with E-state index >= 15 is 0 Å². The summed E-state index contributed by atoms with van der Waals surface area (Å²) in [5.41, 5.74) is 0.302. The van der Waals surface area contributed by atoms with E-state index in [1.54, 1.807) is 13.2 Å². The Hall–Kier alpha value is -2.49. The Balaban J connectivity index is 2.00. The first-order valence-corrected chi connectivity index (χ1v) is 7.13. The fraction of sp³-hybridized carbons (Fsp3) is 0.417. The standard InChI is InChI=1S/C12H15N5O4S/c1-17-6-7(11(16-17)21-3)10(19)13-12-15-14-8(22-12)4-5-9(18)20-2/h6H,4-5H2,1-3H3,(H,13,15,19). The summed E-state index contributed by atoms with van der Waals surface area (Å²) in [6.45, 7) is 0. The number of ether oxygens (including phenoxy) is 2. The molecule has 1 N–H and O–H groups in total.